The van der Waals surface area contributed by atoms with E-state index in [1.807, 2.05) is 52.8 Å². The predicted octanol–water partition coefficient (Wildman–Crippen LogP) is 3.95. The van der Waals surface area contributed by atoms with Gasteiger partial charge in [0, 0.05) is 34.0 Å². The molecule has 0 aliphatic heterocycles. The number of nitrogens with zero attached hydrogens (tertiary/aromatic N) is 4. The van der Waals surface area contributed by atoms with Crippen LogP contribution in [0.4, 0.5) is 5.95 Å². The number of carboxylic acid groups (broad SMARTS) is 1. The molecule has 0 spiro atoms. The Labute approximate surface area is 163 Å². The summed E-state index contributed by atoms with van der Waals surface area (Å²) in [7, 11) is 0. The Morgan fingerprint density at radius 3 is 2.36 bits per heavy atom. The average Bonchev–Trinajstić information content (AvgIpc) is 2.88. The maximum atomic E-state index is 11.2. The fraction of sp³-hybridized carbons (Fsp3) is 0.238. The van der Waals surface area contributed by atoms with Crippen molar-refractivity contribution in [1.82, 2.24) is 14.5 Å². The van der Waals surface area contributed by atoms with Crippen molar-refractivity contribution >= 4 is 18.1 Å². The van der Waals surface area contributed by atoms with E-state index in [1.54, 1.807) is 18.3 Å². The Morgan fingerprint density at radius 1 is 1.07 bits per heavy atom. The number of hydrazone groups is 1. The first-order chi connectivity index (χ1) is 13.3. The molecule has 0 bridgehead atoms. The SMILES string of the molecule is Cc1cc(C)nc(N/N=C/c2cc(C)n(-c3ccc(C(=O)O)cc3C)c2C)n1. The van der Waals surface area contributed by atoms with Gasteiger partial charge >= 0.3 is 5.97 Å². The predicted molar refractivity (Wildman–Crippen MR) is 110 cm³/mol. The van der Waals surface area contributed by atoms with Crippen LogP contribution in [0.2, 0.25) is 0 Å². The van der Waals surface area contributed by atoms with Crippen molar-refractivity contribution < 1.29 is 9.90 Å². The number of nitrogens with one attached hydrogen (secondary N) is 1. The topological polar surface area (TPSA) is 92.4 Å². The fourth-order valence-corrected chi connectivity index (χ4v) is 3.26. The highest BCUT2D eigenvalue weighted by Gasteiger charge is 2.13. The first-order valence-corrected chi connectivity index (χ1v) is 8.91. The van der Waals surface area contributed by atoms with Gasteiger partial charge in [0.15, 0.2) is 0 Å². The zero-order valence-corrected chi connectivity index (χ0v) is 16.6. The molecular formula is C21H23N5O2. The molecule has 0 radical (unpaired) electrons. The molecule has 0 fully saturated rings. The van der Waals surface area contributed by atoms with Crippen molar-refractivity contribution in [1.29, 1.82) is 0 Å². The maximum Gasteiger partial charge on any atom is 0.335 e. The Morgan fingerprint density at radius 2 is 1.75 bits per heavy atom. The Balaban J connectivity index is 1.89. The zero-order chi connectivity index (χ0) is 20.4. The Kier molecular flexibility index (Phi) is 5.26. The van der Waals surface area contributed by atoms with E-state index in [4.69, 9.17) is 5.11 Å². The number of aromatic carboxylic acids is 1. The van der Waals surface area contributed by atoms with E-state index < -0.39 is 5.97 Å². The van der Waals surface area contributed by atoms with Crippen LogP contribution in [0.5, 0.6) is 0 Å². The molecule has 1 aromatic carbocycles. The van der Waals surface area contributed by atoms with Gasteiger partial charge in [0.2, 0.25) is 5.95 Å². The van der Waals surface area contributed by atoms with E-state index in [-0.39, 0.29) is 5.56 Å². The van der Waals surface area contributed by atoms with Gasteiger partial charge in [-0.3, -0.25) is 0 Å². The van der Waals surface area contributed by atoms with Crippen molar-refractivity contribution in [2.24, 2.45) is 5.10 Å². The van der Waals surface area contributed by atoms with Gasteiger partial charge in [-0.05, 0) is 70.5 Å². The molecule has 0 amide bonds. The van der Waals surface area contributed by atoms with E-state index in [1.165, 1.54) is 0 Å². The second kappa shape index (κ2) is 7.64. The third-order valence-electron chi connectivity index (χ3n) is 4.51. The molecule has 2 heterocycles. The molecule has 7 nitrogen and oxygen atoms in total. The number of carbonyl (C=O) groups is 1. The van der Waals surface area contributed by atoms with Crippen LogP contribution in [-0.2, 0) is 0 Å². The lowest BCUT2D eigenvalue weighted by Gasteiger charge is -2.13. The van der Waals surface area contributed by atoms with Crippen molar-refractivity contribution in [3.63, 3.8) is 0 Å². The Bertz CT molecular complexity index is 1060. The quantitative estimate of drug-likeness (QED) is 0.519. The van der Waals surface area contributed by atoms with Crippen LogP contribution in [0, 0.1) is 34.6 Å². The largest absolute Gasteiger partial charge is 0.478 e. The monoisotopic (exact) mass is 377 g/mol. The minimum Gasteiger partial charge on any atom is -0.478 e. The lowest BCUT2D eigenvalue weighted by molar-refractivity contribution is 0.0697. The number of aryl methyl sites for hydroxylation is 4. The molecule has 2 aromatic heterocycles. The van der Waals surface area contributed by atoms with E-state index in [0.29, 0.717) is 5.95 Å². The lowest BCUT2D eigenvalue weighted by Crippen LogP contribution is -2.04. The number of hydrogen-bond acceptors (Lipinski definition) is 5. The summed E-state index contributed by atoms with van der Waals surface area (Å²) in [6.45, 7) is 9.75. The number of hydrogen-bond donors (Lipinski definition) is 2. The summed E-state index contributed by atoms with van der Waals surface area (Å²) in [6.07, 6.45) is 1.74. The molecule has 2 N–H and O–H groups in total. The summed E-state index contributed by atoms with van der Waals surface area (Å²) in [5.74, 6) is -0.467. The standard InChI is InChI=1S/C21H23N5O2/c1-12-8-17(20(27)28)6-7-19(12)26-15(4)10-18(16(26)5)11-22-25-21-23-13(2)9-14(3)24-21/h6-11H,1-5H3,(H,27,28)(H,23,24,25)/b22-11+. The molecule has 0 atom stereocenters. The Hall–Kier alpha value is -3.48. The van der Waals surface area contributed by atoms with E-state index in [0.717, 1.165) is 39.6 Å². The second-order valence-corrected chi connectivity index (χ2v) is 6.81. The van der Waals surface area contributed by atoms with Gasteiger partial charge in [0.05, 0.1) is 11.8 Å². The molecule has 0 saturated heterocycles. The minimum atomic E-state index is -0.928. The molecule has 7 heteroatoms. The first kappa shape index (κ1) is 19.3. The van der Waals surface area contributed by atoms with Crippen LogP contribution in [0.3, 0.4) is 0 Å². The third-order valence-corrected chi connectivity index (χ3v) is 4.51. The third kappa shape index (κ3) is 3.93. The van der Waals surface area contributed by atoms with Crippen molar-refractivity contribution in [3.05, 3.63) is 69.8 Å². The smallest absolute Gasteiger partial charge is 0.335 e. The summed E-state index contributed by atoms with van der Waals surface area (Å²) < 4.78 is 2.09. The number of aromatic nitrogens is 3. The van der Waals surface area contributed by atoms with Crippen LogP contribution in [-0.4, -0.2) is 31.8 Å². The van der Waals surface area contributed by atoms with Crippen LogP contribution in [0.25, 0.3) is 5.69 Å². The number of anilines is 1. The maximum absolute atomic E-state index is 11.2. The van der Waals surface area contributed by atoms with Crippen molar-refractivity contribution in [2.45, 2.75) is 34.6 Å². The first-order valence-electron chi connectivity index (χ1n) is 8.91. The molecule has 28 heavy (non-hydrogen) atoms. The zero-order valence-electron chi connectivity index (χ0n) is 16.6. The number of rotatable bonds is 5. The molecule has 0 unspecified atom stereocenters. The van der Waals surface area contributed by atoms with Gasteiger partial charge in [0.1, 0.15) is 0 Å². The van der Waals surface area contributed by atoms with Crippen LogP contribution in [0.1, 0.15) is 44.3 Å². The number of benzene rings is 1. The summed E-state index contributed by atoms with van der Waals surface area (Å²) in [6, 6.07) is 9.08. The minimum absolute atomic E-state index is 0.281. The van der Waals surface area contributed by atoms with Gasteiger partial charge in [0.25, 0.3) is 0 Å². The molecule has 0 aliphatic rings. The normalized spacial score (nSPS) is 11.2. The molecule has 3 aromatic rings. The molecule has 0 saturated carbocycles. The lowest BCUT2D eigenvalue weighted by atomic mass is 10.1. The van der Waals surface area contributed by atoms with Crippen LogP contribution in [0.15, 0.2) is 35.4 Å². The fourth-order valence-electron chi connectivity index (χ4n) is 3.26. The van der Waals surface area contributed by atoms with Gasteiger partial charge in [-0.1, -0.05) is 0 Å². The van der Waals surface area contributed by atoms with E-state index in [2.05, 4.69) is 25.1 Å². The summed E-state index contributed by atoms with van der Waals surface area (Å²) in [4.78, 5) is 19.8. The van der Waals surface area contributed by atoms with Crippen molar-refractivity contribution in [3.8, 4) is 5.69 Å². The molecule has 3 rings (SSSR count). The summed E-state index contributed by atoms with van der Waals surface area (Å²) >= 11 is 0. The number of carboxylic acids is 1. The average molecular weight is 377 g/mol. The highest BCUT2D eigenvalue weighted by atomic mass is 16.4. The highest BCUT2D eigenvalue weighted by Crippen LogP contribution is 2.23. The van der Waals surface area contributed by atoms with E-state index in [9.17, 15) is 4.79 Å². The van der Waals surface area contributed by atoms with E-state index >= 15 is 0 Å². The molecular weight excluding hydrogens is 354 g/mol. The summed E-state index contributed by atoms with van der Waals surface area (Å²) in [5.41, 5.74) is 9.76. The van der Waals surface area contributed by atoms with Gasteiger partial charge in [-0.2, -0.15) is 5.10 Å². The van der Waals surface area contributed by atoms with Crippen LogP contribution >= 0.6 is 0 Å². The van der Waals surface area contributed by atoms with Crippen molar-refractivity contribution in [2.75, 3.05) is 5.43 Å². The van der Waals surface area contributed by atoms with Gasteiger partial charge in [-0.25, -0.2) is 20.2 Å². The molecule has 144 valence electrons. The molecule has 0 aliphatic carbocycles. The van der Waals surface area contributed by atoms with Gasteiger partial charge in [-0.15, -0.1) is 0 Å². The van der Waals surface area contributed by atoms with Crippen LogP contribution < -0.4 is 5.43 Å². The van der Waals surface area contributed by atoms with Gasteiger partial charge < -0.3 is 9.67 Å². The summed E-state index contributed by atoms with van der Waals surface area (Å²) in [5, 5.41) is 13.4. The second-order valence-electron chi connectivity index (χ2n) is 6.81. The highest BCUT2D eigenvalue weighted by molar-refractivity contribution is 5.88.